The summed E-state index contributed by atoms with van der Waals surface area (Å²) in [6, 6.07) is 10.9. The number of hydrogen-bond acceptors (Lipinski definition) is 3. The number of phenols is 1. The van der Waals surface area contributed by atoms with Crippen molar-refractivity contribution in [1.82, 2.24) is 4.90 Å². The number of amides is 1. The second-order valence-electron chi connectivity index (χ2n) is 5.41. The van der Waals surface area contributed by atoms with E-state index in [1.54, 1.807) is 30.0 Å². The average molecular weight is 282 g/mol. The van der Waals surface area contributed by atoms with E-state index in [-0.39, 0.29) is 11.7 Å². The second-order valence-corrected chi connectivity index (χ2v) is 5.41. The minimum Gasteiger partial charge on any atom is -0.508 e. The Balaban J connectivity index is 1.91. The summed E-state index contributed by atoms with van der Waals surface area (Å²) < 4.78 is 0. The smallest absolute Gasteiger partial charge is 0.254 e. The van der Waals surface area contributed by atoms with Crippen molar-refractivity contribution in [3.8, 4) is 5.75 Å². The third kappa shape index (κ3) is 2.33. The fourth-order valence-electron chi connectivity index (χ4n) is 2.81. The van der Waals surface area contributed by atoms with E-state index in [4.69, 9.17) is 5.73 Å². The van der Waals surface area contributed by atoms with E-state index in [2.05, 4.69) is 6.07 Å². The Morgan fingerprint density at radius 2 is 2.00 bits per heavy atom. The molecule has 0 spiro atoms. The van der Waals surface area contributed by atoms with Gasteiger partial charge in [-0.3, -0.25) is 4.79 Å². The molecule has 3 rings (SSSR count). The molecule has 1 aliphatic rings. The first-order chi connectivity index (χ1) is 10.1. The van der Waals surface area contributed by atoms with Crippen molar-refractivity contribution in [2.24, 2.45) is 0 Å². The maximum absolute atomic E-state index is 12.7. The first kappa shape index (κ1) is 13.5. The van der Waals surface area contributed by atoms with Crippen LogP contribution in [0.25, 0.3) is 0 Å². The number of rotatable bonds is 1. The lowest BCUT2D eigenvalue weighted by molar-refractivity contribution is 0.0734. The molecule has 4 nitrogen and oxygen atoms in total. The van der Waals surface area contributed by atoms with Crippen molar-refractivity contribution in [3.05, 3.63) is 58.7 Å². The lowest BCUT2D eigenvalue weighted by atomic mass is 9.97. The van der Waals surface area contributed by atoms with Crippen LogP contribution in [0.2, 0.25) is 0 Å². The summed E-state index contributed by atoms with van der Waals surface area (Å²) in [6.07, 6.45) is 0.810. The number of phenolic OH excluding ortho intramolecular Hbond substituents is 1. The molecule has 2 aromatic carbocycles. The minimum atomic E-state index is -0.0581. The number of nitrogens with zero attached hydrogens (tertiary/aromatic N) is 1. The van der Waals surface area contributed by atoms with E-state index in [1.807, 2.05) is 12.1 Å². The highest BCUT2D eigenvalue weighted by Crippen LogP contribution is 2.27. The van der Waals surface area contributed by atoms with Crippen LogP contribution >= 0.6 is 0 Å². The van der Waals surface area contributed by atoms with Gasteiger partial charge < -0.3 is 15.7 Å². The number of aromatic hydroxyl groups is 1. The van der Waals surface area contributed by atoms with Crippen molar-refractivity contribution in [2.45, 2.75) is 19.9 Å². The fourth-order valence-corrected chi connectivity index (χ4v) is 2.81. The van der Waals surface area contributed by atoms with Crippen molar-refractivity contribution >= 4 is 11.6 Å². The predicted molar refractivity (Wildman–Crippen MR) is 82.1 cm³/mol. The zero-order valence-electron chi connectivity index (χ0n) is 12.0. The molecular formula is C17H18N2O2. The van der Waals surface area contributed by atoms with Gasteiger partial charge in [-0.15, -0.1) is 0 Å². The third-order valence-electron chi connectivity index (χ3n) is 4.13. The van der Waals surface area contributed by atoms with E-state index < -0.39 is 0 Å². The molecule has 3 N–H and O–H groups in total. The summed E-state index contributed by atoms with van der Waals surface area (Å²) in [4.78, 5) is 14.5. The van der Waals surface area contributed by atoms with Gasteiger partial charge in [-0.2, -0.15) is 0 Å². The van der Waals surface area contributed by atoms with Crippen LogP contribution in [0, 0.1) is 6.92 Å². The molecule has 1 heterocycles. The molecule has 0 radical (unpaired) electrons. The van der Waals surface area contributed by atoms with Crippen LogP contribution < -0.4 is 5.73 Å². The molecule has 0 atom stereocenters. The number of carbonyl (C=O) groups excluding carboxylic acids is 1. The highest BCUT2D eigenvalue weighted by molar-refractivity contribution is 5.96. The van der Waals surface area contributed by atoms with Crippen molar-refractivity contribution in [1.29, 1.82) is 0 Å². The topological polar surface area (TPSA) is 66.6 Å². The third-order valence-corrected chi connectivity index (χ3v) is 4.13. The van der Waals surface area contributed by atoms with E-state index in [9.17, 15) is 9.90 Å². The number of nitrogen functional groups attached to an aromatic ring is 1. The van der Waals surface area contributed by atoms with Crippen LogP contribution in [0.1, 0.15) is 27.0 Å². The van der Waals surface area contributed by atoms with E-state index in [1.165, 1.54) is 5.56 Å². The monoisotopic (exact) mass is 282 g/mol. The lowest BCUT2D eigenvalue weighted by Gasteiger charge is -2.30. The summed E-state index contributed by atoms with van der Waals surface area (Å²) >= 11 is 0. The molecule has 4 heteroatoms. The Kier molecular flexibility index (Phi) is 3.29. The molecule has 1 aliphatic heterocycles. The van der Waals surface area contributed by atoms with E-state index in [0.717, 1.165) is 17.7 Å². The zero-order chi connectivity index (χ0) is 15.0. The van der Waals surface area contributed by atoms with Crippen molar-refractivity contribution in [2.75, 3.05) is 12.3 Å². The van der Waals surface area contributed by atoms with Gasteiger partial charge in [0.05, 0.1) is 0 Å². The second kappa shape index (κ2) is 5.13. The molecule has 0 fully saturated rings. The molecular weight excluding hydrogens is 264 g/mol. The van der Waals surface area contributed by atoms with Gasteiger partial charge in [-0.1, -0.05) is 18.2 Å². The Labute approximate surface area is 123 Å². The fraction of sp³-hybridized carbons (Fsp3) is 0.235. The Bertz CT molecular complexity index is 710. The van der Waals surface area contributed by atoms with Gasteiger partial charge in [0.15, 0.2) is 0 Å². The summed E-state index contributed by atoms with van der Waals surface area (Å²) in [5, 5.41) is 9.76. The van der Waals surface area contributed by atoms with Crippen molar-refractivity contribution < 1.29 is 9.90 Å². The van der Waals surface area contributed by atoms with Gasteiger partial charge in [0.1, 0.15) is 5.75 Å². The number of carbonyl (C=O) groups is 1. The van der Waals surface area contributed by atoms with Crippen LogP contribution in [0.4, 0.5) is 5.69 Å². The summed E-state index contributed by atoms with van der Waals surface area (Å²) in [5.41, 5.74) is 10.2. The van der Waals surface area contributed by atoms with Gasteiger partial charge in [-0.25, -0.2) is 0 Å². The SMILES string of the molecule is Cc1c(O)cccc1C(=O)N1CCc2cccc(N)c2C1. The molecule has 0 saturated carbocycles. The van der Waals surface area contributed by atoms with Crippen LogP contribution in [0.5, 0.6) is 5.75 Å². The van der Waals surface area contributed by atoms with Crippen LogP contribution in [0.3, 0.4) is 0 Å². The molecule has 0 unspecified atom stereocenters. The molecule has 0 aromatic heterocycles. The normalized spacial score (nSPS) is 13.9. The number of fused-ring (bicyclic) bond motifs is 1. The largest absolute Gasteiger partial charge is 0.508 e. The highest BCUT2D eigenvalue weighted by atomic mass is 16.3. The van der Waals surface area contributed by atoms with Crippen molar-refractivity contribution in [3.63, 3.8) is 0 Å². The maximum Gasteiger partial charge on any atom is 0.254 e. The zero-order valence-corrected chi connectivity index (χ0v) is 12.0. The molecule has 2 aromatic rings. The lowest BCUT2D eigenvalue weighted by Crippen LogP contribution is -2.36. The molecule has 0 bridgehead atoms. The molecule has 0 aliphatic carbocycles. The average Bonchev–Trinajstić information content (AvgIpc) is 2.49. The Hall–Kier alpha value is -2.49. The van der Waals surface area contributed by atoms with Crippen LogP contribution in [0.15, 0.2) is 36.4 Å². The van der Waals surface area contributed by atoms with Crippen LogP contribution in [-0.4, -0.2) is 22.5 Å². The van der Waals surface area contributed by atoms with Gasteiger partial charge in [0.25, 0.3) is 5.91 Å². The highest BCUT2D eigenvalue weighted by Gasteiger charge is 2.24. The van der Waals surface area contributed by atoms with E-state index in [0.29, 0.717) is 24.2 Å². The number of hydrogen-bond donors (Lipinski definition) is 2. The maximum atomic E-state index is 12.7. The Morgan fingerprint density at radius 1 is 1.24 bits per heavy atom. The predicted octanol–water partition coefficient (Wildman–Crippen LogP) is 2.48. The molecule has 0 saturated heterocycles. The number of anilines is 1. The molecule has 21 heavy (non-hydrogen) atoms. The summed E-state index contributed by atoms with van der Waals surface area (Å²) in [7, 11) is 0. The van der Waals surface area contributed by atoms with Gasteiger partial charge in [0.2, 0.25) is 0 Å². The van der Waals surface area contributed by atoms with Crippen LogP contribution in [-0.2, 0) is 13.0 Å². The van der Waals surface area contributed by atoms with Gasteiger partial charge >= 0.3 is 0 Å². The first-order valence-electron chi connectivity index (χ1n) is 7.02. The minimum absolute atomic E-state index is 0.0581. The number of benzene rings is 2. The molecule has 1 amide bonds. The quantitative estimate of drug-likeness (QED) is 0.790. The first-order valence-corrected chi connectivity index (χ1v) is 7.02. The summed E-state index contributed by atoms with van der Waals surface area (Å²) in [5.74, 6) is 0.0927. The summed E-state index contributed by atoms with van der Waals surface area (Å²) in [6.45, 7) is 2.95. The standard InChI is InChI=1S/C17H18N2O2/c1-11-13(5-3-7-16(11)20)17(21)19-9-8-12-4-2-6-15(18)14(12)10-19/h2-7,20H,8-10,18H2,1H3. The van der Waals surface area contributed by atoms with Gasteiger partial charge in [-0.05, 0) is 42.7 Å². The van der Waals surface area contributed by atoms with Gasteiger partial charge in [0, 0.05) is 29.9 Å². The molecule has 108 valence electrons. The number of nitrogens with two attached hydrogens (primary N) is 1. The van der Waals surface area contributed by atoms with E-state index >= 15 is 0 Å². The Morgan fingerprint density at radius 3 is 2.81 bits per heavy atom.